The maximum atomic E-state index is 12.9. The minimum absolute atomic E-state index is 0.315. The van der Waals surface area contributed by atoms with Crippen LogP contribution in [0.25, 0.3) is 31.8 Å². The smallest absolute Gasteiger partial charge is 0.351 e. The second kappa shape index (κ2) is 16.6. The summed E-state index contributed by atoms with van der Waals surface area (Å²) in [5.74, 6) is 0.761. The summed E-state index contributed by atoms with van der Waals surface area (Å²) in [4.78, 5) is 12.9. The van der Waals surface area contributed by atoms with Gasteiger partial charge in [-0.2, -0.15) is 4.57 Å². The van der Waals surface area contributed by atoms with Crippen molar-refractivity contribution in [3.8, 4) is 16.3 Å². The fraction of sp³-hybridized carbons (Fsp3) is 0.543. The van der Waals surface area contributed by atoms with Gasteiger partial charge in [0.1, 0.15) is 28.6 Å². The van der Waals surface area contributed by atoms with Crippen LogP contribution in [-0.4, -0.2) is 6.61 Å². The molecule has 0 aliphatic carbocycles. The van der Waals surface area contributed by atoms with Crippen molar-refractivity contribution in [3.05, 3.63) is 59.0 Å². The Hall–Kier alpha value is -2.66. The molecule has 0 spiro atoms. The number of benzene rings is 2. The van der Waals surface area contributed by atoms with Gasteiger partial charge in [0, 0.05) is 17.5 Å². The number of nitrogens with zero attached hydrogens (tertiary/aromatic N) is 1. The number of fused-ring (bicyclic) bond motifs is 2. The van der Waals surface area contributed by atoms with Crippen molar-refractivity contribution < 1.29 is 13.7 Å². The van der Waals surface area contributed by atoms with Gasteiger partial charge in [0.15, 0.2) is 0 Å². The average Bonchev–Trinajstić information content (AvgIpc) is 3.30. The molecule has 0 radical (unpaired) electrons. The molecule has 5 heteroatoms. The molecule has 0 fully saturated rings. The highest BCUT2D eigenvalue weighted by Crippen LogP contribution is 2.29. The molecule has 0 saturated carbocycles. The fourth-order valence-corrected chi connectivity index (χ4v) is 6.66. The van der Waals surface area contributed by atoms with Gasteiger partial charge in [0.2, 0.25) is 5.52 Å². The zero-order valence-corrected chi connectivity index (χ0v) is 25.5. The summed E-state index contributed by atoms with van der Waals surface area (Å²) in [5, 5.41) is 1.81. The average molecular weight is 563 g/mol. The van der Waals surface area contributed by atoms with E-state index < -0.39 is 0 Å². The number of hydrogen-bond donors (Lipinski definition) is 0. The largest absolute Gasteiger partial charge is 0.493 e. The highest BCUT2D eigenvalue weighted by atomic mass is 32.1. The van der Waals surface area contributed by atoms with Crippen LogP contribution in [0.2, 0.25) is 0 Å². The molecule has 40 heavy (non-hydrogen) atoms. The molecule has 4 aromatic rings. The third-order valence-corrected chi connectivity index (χ3v) is 9.19. The van der Waals surface area contributed by atoms with Crippen LogP contribution in [0.5, 0.6) is 5.75 Å². The summed E-state index contributed by atoms with van der Waals surface area (Å²) in [6, 6.07) is 15.9. The van der Waals surface area contributed by atoms with E-state index in [9.17, 15) is 4.79 Å². The van der Waals surface area contributed by atoms with Gasteiger partial charge < -0.3 is 9.15 Å². The molecule has 4 rings (SSSR count). The fourth-order valence-electron chi connectivity index (χ4n) is 5.51. The second-order valence-electron chi connectivity index (χ2n) is 11.2. The van der Waals surface area contributed by atoms with Crippen molar-refractivity contribution in [1.82, 2.24) is 0 Å². The van der Waals surface area contributed by atoms with Gasteiger partial charge in [0.05, 0.1) is 6.61 Å². The number of rotatable bonds is 19. The van der Waals surface area contributed by atoms with Crippen molar-refractivity contribution in [3.63, 3.8) is 0 Å². The summed E-state index contributed by atoms with van der Waals surface area (Å²) in [6.45, 7) is 2.98. The van der Waals surface area contributed by atoms with Crippen molar-refractivity contribution in [2.75, 3.05) is 6.61 Å². The van der Waals surface area contributed by atoms with Gasteiger partial charge in [-0.25, -0.2) is 4.79 Å². The summed E-state index contributed by atoms with van der Waals surface area (Å²) in [7, 11) is 1.99. The van der Waals surface area contributed by atoms with Crippen LogP contribution in [0.1, 0.15) is 110 Å². The molecular formula is C35H48NO3S+. The topological polar surface area (TPSA) is 43.3 Å². The molecule has 0 aliphatic heterocycles. The van der Waals surface area contributed by atoms with Crippen LogP contribution in [-0.2, 0) is 7.05 Å². The predicted molar refractivity (Wildman–Crippen MR) is 170 cm³/mol. The molecule has 0 unspecified atom stereocenters. The molecular weight excluding hydrogens is 514 g/mol. The maximum absolute atomic E-state index is 12.9. The van der Waals surface area contributed by atoms with E-state index in [4.69, 9.17) is 9.15 Å². The Kier molecular flexibility index (Phi) is 12.6. The third kappa shape index (κ3) is 8.92. The lowest BCUT2D eigenvalue weighted by atomic mass is 10.0. The molecule has 0 amide bonds. The van der Waals surface area contributed by atoms with E-state index >= 15 is 0 Å². The monoisotopic (exact) mass is 562 g/mol. The van der Waals surface area contributed by atoms with Crippen LogP contribution < -0.4 is 14.9 Å². The number of aryl methyl sites for hydroxylation is 1. The van der Waals surface area contributed by atoms with Crippen LogP contribution >= 0.6 is 11.3 Å². The number of unbranched alkanes of at least 4 members (excludes halogenated alkanes) is 15. The van der Waals surface area contributed by atoms with Crippen LogP contribution in [0.15, 0.2) is 57.7 Å². The first kappa shape index (κ1) is 30.3. The third-order valence-electron chi connectivity index (χ3n) is 7.94. The molecule has 0 saturated heterocycles. The van der Waals surface area contributed by atoms with Gasteiger partial charge in [-0.3, -0.25) is 0 Å². The quantitative estimate of drug-likeness (QED) is 0.0648. The first-order chi connectivity index (χ1) is 19.7. The van der Waals surface area contributed by atoms with Gasteiger partial charge >= 0.3 is 5.63 Å². The Balaban J connectivity index is 1.10. The highest BCUT2D eigenvalue weighted by molar-refractivity contribution is 7.21. The van der Waals surface area contributed by atoms with Crippen LogP contribution in [0.4, 0.5) is 0 Å². The number of aromatic nitrogens is 1. The van der Waals surface area contributed by atoms with Gasteiger partial charge in [-0.15, -0.1) is 0 Å². The molecule has 216 valence electrons. The van der Waals surface area contributed by atoms with E-state index in [-0.39, 0.29) is 5.63 Å². The van der Waals surface area contributed by atoms with Gasteiger partial charge in [0.25, 0.3) is 5.01 Å². The minimum Gasteiger partial charge on any atom is -0.493 e. The van der Waals surface area contributed by atoms with E-state index in [1.165, 1.54) is 96.3 Å². The summed E-state index contributed by atoms with van der Waals surface area (Å²) in [5.41, 5.74) is 1.96. The first-order valence-electron chi connectivity index (χ1n) is 15.8. The SMILES string of the molecule is CCCCCCCCCCCCCCCCCCOc1ccc2cc(-c3sc4ccccc4[n+]3C)c(=O)oc2c1. The zero-order chi connectivity index (χ0) is 28.0. The van der Waals surface area contributed by atoms with Gasteiger partial charge in [-0.05, 0) is 30.7 Å². The van der Waals surface area contributed by atoms with Crippen LogP contribution in [0.3, 0.4) is 0 Å². The van der Waals surface area contributed by atoms with Gasteiger partial charge in [-0.1, -0.05) is 127 Å². The lowest BCUT2D eigenvalue weighted by molar-refractivity contribution is -0.629. The lowest BCUT2D eigenvalue weighted by Crippen LogP contribution is -2.29. The number of ether oxygens (including phenoxy) is 1. The minimum atomic E-state index is -0.315. The summed E-state index contributed by atoms with van der Waals surface area (Å²) in [6.07, 6.45) is 21.8. The van der Waals surface area contributed by atoms with Crippen LogP contribution in [0, 0.1) is 0 Å². The molecule has 4 nitrogen and oxygen atoms in total. The van der Waals surface area contributed by atoms with Crippen molar-refractivity contribution in [1.29, 1.82) is 0 Å². The van der Waals surface area contributed by atoms with E-state index in [2.05, 4.69) is 23.6 Å². The van der Waals surface area contributed by atoms with Crippen molar-refractivity contribution in [2.24, 2.45) is 7.05 Å². The van der Waals surface area contributed by atoms with Crippen molar-refractivity contribution >= 4 is 32.5 Å². The Morgan fingerprint density at radius 1 is 0.750 bits per heavy atom. The number of para-hydroxylation sites is 1. The predicted octanol–water partition coefficient (Wildman–Crippen LogP) is 10.1. The normalized spacial score (nSPS) is 11.6. The molecule has 0 atom stereocenters. The van der Waals surface area contributed by atoms with Crippen molar-refractivity contribution in [2.45, 2.75) is 110 Å². The molecule has 0 aliphatic rings. The van der Waals surface area contributed by atoms with E-state index in [0.29, 0.717) is 17.8 Å². The Labute approximate surface area is 244 Å². The number of thiazole rings is 1. The number of hydrogen-bond acceptors (Lipinski definition) is 4. The van der Waals surface area contributed by atoms with E-state index in [0.717, 1.165) is 32.8 Å². The molecule has 2 aromatic heterocycles. The maximum Gasteiger partial charge on any atom is 0.351 e. The highest BCUT2D eigenvalue weighted by Gasteiger charge is 2.22. The molecule has 0 N–H and O–H groups in total. The summed E-state index contributed by atoms with van der Waals surface area (Å²) < 4.78 is 14.9. The molecule has 0 bridgehead atoms. The Morgan fingerprint density at radius 2 is 1.35 bits per heavy atom. The van der Waals surface area contributed by atoms with E-state index in [1.54, 1.807) is 11.3 Å². The second-order valence-corrected chi connectivity index (χ2v) is 12.3. The van der Waals surface area contributed by atoms with E-state index in [1.807, 2.05) is 43.4 Å². The summed E-state index contributed by atoms with van der Waals surface area (Å²) >= 11 is 1.61. The lowest BCUT2D eigenvalue weighted by Gasteiger charge is -2.07. The molecule has 2 aromatic carbocycles. The zero-order valence-electron chi connectivity index (χ0n) is 24.7. The Bertz CT molecular complexity index is 1370. The first-order valence-corrected chi connectivity index (χ1v) is 16.6. The standard InChI is InChI=1S/C35H48NO3S/c1-3-4-5-6-7-8-9-10-11-12-13-14-15-16-17-20-25-38-29-24-23-28-26-30(35(37)39-32(28)27-29)34-36(2)31-21-18-19-22-33(31)40-34/h18-19,21-24,26-27H,3-17,20,25H2,1-2H3/q+1. The Morgan fingerprint density at radius 3 is 1.98 bits per heavy atom. The molecule has 2 heterocycles.